The van der Waals surface area contributed by atoms with Gasteiger partial charge in [0.2, 0.25) is 5.91 Å². The van der Waals surface area contributed by atoms with Crippen LogP contribution in [0.4, 0.5) is 10.1 Å². The van der Waals surface area contributed by atoms with Crippen molar-refractivity contribution in [2.24, 2.45) is 0 Å². The first-order valence-electron chi connectivity index (χ1n) is 9.62. The van der Waals surface area contributed by atoms with Crippen LogP contribution < -0.4 is 15.0 Å². The Kier molecular flexibility index (Phi) is 5.03. The Hall–Kier alpha value is -2.89. The molecule has 0 radical (unpaired) electrons. The molecule has 1 aliphatic heterocycles. The summed E-state index contributed by atoms with van der Waals surface area (Å²) in [5.41, 5.74) is 1.77. The maximum absolute atomic E-state index is 13.1. The predicted octanol–water partition coefficient (Wildman–Crippen LogP) is 3.18. The zero-order chi connectivity index (χ0) is 19.6. The van der Waals surface area contributed by atoms with Crippen LogP contribution in [0, 0.1) is 5.82 Å². The van der Waals surface area contributed by atoms with Crippen LogP contribution >= 0.6 is 0 Å². The highest BCUT2D eigenvalue weighted by atomic mass is 19.1. The standard InChI is InChI=1S/C22H23FN2O3/c23-17-8-6-16(7-9-17)22(10-11-22)15-24-20(26)14-28-19-4-1-3-18(13-19)25-12-2-5-21(25)27/h1,3-4,6-9,13H,2,5,10-12,14-15H2,(H,24,26). The van der Waals surface area contributed by atoms with E-state index in [4.69, 9.17) is 4.74 Å². The first-order chi connectivity index (χ1) is 13.6. The van der Waals surface area contributed by atoms with Crippen LogP contribution in [-0.2, 0) is 15.0 Å². The van der Waals surface area contributed by atoms with Gasteiger partial charge >= 0.3 is 0 Å². The zero-order valence-corrected chi connectivity index (χ0v) is 15.6. The smallest absolute Gasteiger partial charge is 0.257 e. The summed E-state index contributed by atoms with van der Waals surface area (Å²) in [4.78, 5) is 25.8. The maximum atomic E-state index is 13.1. The summed E-state index contributed by atoms with van der Waals surface area (Å²) in [6.07, 6.45) is 3.39. The molecule has 2 amide bonds. The number of benzene rings is 2. The topological polar surface area (TPSA) is 58.6 Å². The number of carbonyl (C=O) groups excluding carboxylic acids is 2. The third-order valence-electron chi connectivity index (χ3n) is 5.51. The second-order valence-corrected chi connectivity index (χ2v) is 7.50. The largest absolute Gasteiger partial charge is 0.484 e. The lowest BCUT2D eigenvalue weighted by atomic mass is 9.96. The predicted molar refractivity (Wildman–Crippen MR) is 104 cm³/mol. The van der Waals surface area contributed by atoms with Gasteiger partial charge in [-0.2, -0.15) is 0 Å². The lowest BCUT2D eigenvalue weighted by Crippen LogP contribution is -2.35. The second-order valence-electron chi connectivity index (χ2n) is 7.50. The molecule has 28 heavy (non-hydrogen) atoms. The number of nitrogens with one attached hydrogen (secondary N) is 1. The Morgan fingerprint density at radius 2 is 1.96 bits per heavy atom. The molecule has 2 aromatic carbocycles. The van der Waals surface area contributed by atoms with Crippen molar-refractivity contribution < 1.29 is 18.7 Å². The number of amides is 2. The van der Waals surface area contributed by atoms with Gasteiger partial charge in [0.15, 0.2) is 6.61 Å². The van der Waals surface area contributed by atoms with Crippen LogP contribution in [0.2, 0.25) is 0 Å². The summed E-state index contributed by atoms with van der Waals surface area (Å²) in [6.45, 7) is 1.15. The molecule has 0 bridgehead atoms. The van der Waals surface area contributed by atoms with Crippen molar-refractivity contribution in [3.05, 3.63) is 59.9 Å². The number of halogens is 1. The van der Waals surface area contributed by atoms with Crippen molar-refractivity contribution >= 4 is 17.5 Å². The molecule has 1 aliphatic carbocycles. The van der Waals surface area contributed by atoms with Crippen molar-refractivity contribution in [1.29, 1.82) is 0 Å². The van der Waals surface area contributed by atoms with Crippen molar-refractivity contribution in [3.63, 3.8) is 0 Å². The molecule has 6 heteroatoms. The van der Waals surface area contributed by atoms with Crippen LogP contribution in [0.1, 0.15) is 31.2 Å². The average molecular weight is 382 g/mol. The Balaban J connectivity index is 1.29. The van der Waals surface area contributed by atoms with Gasteiger partial charge in [-0.25, -0.2) is 4.39 Å². The van der Waals surface area contributed by atoms with Crippen molar-refractivity contribution in [2.45, 2.75) is 31.1 Å². The van der Waals surface area contributed by atoms with Gasteiger partial charge in [0.1, 0.15) is 11.6 Å². The SMILES string of the molecule is O=C(COc1cccc(N2CCCC2=O)c1)NCC1(c2ccc(F)cc2)CC1. The molecule has 4 rings (SSSR count). The Morgan fingerprint density at radius 3 is 2.64 bits per heavy atom. The molecule has 5 nitrogen and oxygen atoms in total. The molecular formula is C22H23FN2O3. The molecule has 0 unspecified atom stereocenters. The second kappa shape index (κ2) is 7.62. The van der Waals surface area contributed by atoms with E-state index in [9.17, 15) is 14.0 Å². The minimum Gasteiger partial charge on any atom is -0.484 e. The number of carbonyl (C=O) groups is 2. The number of rotatable bonds is 7. The summed E-state index contributed by atoms with van der Waals surface area (Å²) in [5.74, 6) is 0.225. The van der Waals surface area contributed by atoms with E-state index in [2.05, 4.69) is 5.32 Å². The summed E-state index contributed by atoms with van der Waals surface area (Å²) >= 11 is 0. The first kappa shape index (κ1) is 18.5. The molecule has 2 aliphatic rings. The van der Waals surface area contributed by atoms with Gasteiger partial charge in [0.25, 0.3) is 5.91 Å². The molecular weight excluding hydrogens is 359 g/mol. The normalized spacial score (nSPS) is 17.5. The van der Waals surface area contributed by atoms with Crippen LogP contribution in [0.5, 0.6) is 5.75 Å². The molecule has 2 aromatic rings. The Bertz CT molecular complexity index is 878. The van der Waals surface area contributed by atoms with E-state index in [1.54, 1.807) is 29.2 Å². The van der Waals surface area contributed by atoms with Crippen molar-refractivity contribution in [1.82, 2.24) is 5.32 Å². The fraction of sp³-hybridized carbons (Fsp3) is 0.364. The van der Waals surface area contributed by atoms with Crippen molar-refractivity contribution in [3.8, 4) is 5.75 Å². The van der Waals surface area contributed by atoms with E-state index in [1.807, 2.05) is 12.1 Å². The molecule has 146 valence electrons. The maximum Gasteiger partial charge on any atom is 0.257 e. The van der Waals surface area contributed by atoms with Gasteiger partial charge in [-0.05, 0) is 49.1 Å². The third kappa shape index (κ3) is 4.01. The minimum absolute atomic E-state index is 0.0839. The molecule has 1 N–H and O–H groups in total. The highest BCUT2D eigenvalue weighted by Gasteiger charge is 2.44. The van der Waals surface area contributed by atoms with Gasteiger partial charge in [0.05, 0.1) is 0 Å². The average Bonchev–Trinajstić information content (AvgIpc) is 3.38. The molecule has 1 saturated heterocycles. The highest BCUT2D eigenvalue weighted by Crippen LogP contribution is 2.47. The molecule has 0 aromatic heterocycles. The molecule has 1 heterocycles. The third-order valence-corrected chi connectivity index (χ3v) is 5.51. The van der Waals surface area contributed by atoms with Gasteiger partial charge < -0.3 is 15.0 Å². The lowest BCUT2D eigenvalue weighted by molar-refractivity contribution is -0.123. The fourth-order valence-electron chi connectivity index (χ4n) is 3.65. The van der Waals surface area contributed by atoms with Crippen LogP contribution in [0.25, 0.3) is 0 Å². The van der Waals surface area contributed by atoms with Gasteiger partial charge in [0, 0.05) is 36.7 Å². The molecule has 0 atom stereocenters. The highest BCUT2D eigenvalue weighted by molar-refractivity contribution is 5.95. The summed E-state index contributed by atoms with van der Waals surface area (Å²) in [7, 11) is 0. The monoisotopic (exact) mass is 382 g/mol. The summed E-state index contributed by atoms with van der Waals surface area (Å²) < 4.78 is 18.7. The lowest BCUT2D eigenvalue weighted by Gasteiger charge is -2.18. The van der Waals surface area contributed by atoms with Crippen LogP contribution in [0.15, 0.2) is 48.5 Å². The number of nitrogens with zero attached hydrogens (tertiary/aromatic N) is 1. The number of anilines is 1. The Morgan fingerprint density at radius 1 is 1.18 bits per heavy atom. The number of hydrogen-bond acceptors (Lipinski definition) is 3. The van der Waals surface area contributed by atoms with Gasteiger partial charge in [-0.1, -0.05) is 18.2 Å². The minimum atomic E-state index is -0.255. The van der Waals surface area contributed by atoms with E-state index in [1.165, 1.54) is 12.1 Å². The quantitative estimate of drug-likeness (QED) is 0.800. The zero-order valence-electron chi connectivity index (χ0n) is 15.6. The van der Waals surface area contributed by atoms with Crippen LogP contribution in [-0.4, -0.2) is 31.5 Å². The van der Waals surface area contributed by atoms with Gasteiger partial charge in [-0.3, -0.25) is 9.59 Å². The Labute approximate surface area is 163 Å². The van der Waals surface area contributed by atoms with Crippen LogP contribution in [0.3, 0.4) is 0 Å². The molecule has 2 fully saturated rings. The molecule has 0 spiro atoms. The first-order valence-corrected chi connectivity index (χ1v) is 9.62. The van der Waals surface area contributed by atoms with E-state index < -0.39 is 0 Å². The van der Waals surface area contributed by atoms with E-state index >= 15 is 0 Å². The number of ether oxygens (including phenoxy) is 1. The fourth-order valence-corrected chi connectivity index (χ4v) is 3.65. The van der Waals surface area contributed by atoms with E-state index in [0.29, 0.717) is 25.3 Å². The summed E-state index contributed by atoms with van der Waals surface area (Å²) in [6, 6.07) is 13.7. The van der Waals surface area contributed by atoms with E-state index in [-0.39, 0.29) is 29.7 Å². The molecule has 1 saturated carbocycles. The number of hydrogen-bond donors (Lipinski definition) is 1. The van der Waals surface area contributed by atoms with Crippen molar-refractivity contribution in [2.75, 3.05) is 24.6 Å². The summed E-state index contributed by atoms with van der Waals surface area (Å²) in [5, 5.41) is 2.92. The van der Waals surface area contributed by atoms with Gasteiger partial charge in [-0.15, -0.1) is 0 Å². The van der Waals surface area contributed by atoms with E-state index in [0.717, 1.165) is 30.5 Å².